The van der Waals surface area contributed by atoms with Gasteiger partial charge in [-0.25, -0.2) is 0 Å². The van der Waals surface area contributed by atoms with E-state index in [-0.39, 0.29) is 0 Å². The van der Waals surface area contributed by atoms with Gasteiger partial charge in [-0.15, -0.1) is 0 Å². The van der Waals surface area contributed by atoms with Crippen molar-refractivity contribution in [3.63, 3.8) is 0 Å². The predicted molar refractivity (Wildman–Crippen MR) is 103 cm³/mol. The summed E-state index contributed by atoms with van der Waals surface area (Å²) >= 11 is 0. The second-order valence-corrected chi connectivity index (χ2v) is 7.14. The van der Waals surface area contributed by atoms with Crippen molar-refractivity contribution in [2.75, 3.05) is 0 Å². The average molecular weight is 311 g/mol. The minimum Gasteiger partial charge on any atom is -0.350 e. The van der Waals surface area contributed by atoms with E-state index in [1.54, 1.807) is 0 Å². The highest BCUT2D eigenvalue weighted by molar-refractivity contribution is 6.45. The Morgan fingerprint density at radius 3 is 2.57 bits per heavy atom. The van der Waals surface area contributed by atoms with Crippen LogP contribution in [0.4, 0.5) is 0 Å². The lowest BCUT2D eigenvalue weighted by molar-refractivity contribution is 0.349. The topological polar surface area (TPSA) is 24.4 Å². The van der Waals surface area contributed by atoms with Gasteiger partial charge in [0.15, 0.2) is 0 Å². The molecule has 0 aromatic heterocycles. The molecule has 0 amide bonds. The standard InChI is InChI=1S/C20H32BN2/c1-6-17-11-19(21-5)12-18(15(17)3)13-22-16(4)23-20-9-7-14(2)8-10-20/h11-15,20H,6-10H2,1-5H3,(H,22,23)/b18-13-. The highest BCUT2D eigenvalue weighted by Gasteiger charge is 2.18. The molecule has 23 heavy (non-hydrogen) atoms. The zero-order valence-corrected chi connectivity index (χ0v) is 15.5. The third-order valence-corrected chi connectivity index (χ3v) is 5.29. The molecule has 0 bridgehead atoms. The fourth-order valence-electron chi connectivity index (χ4n) is 3.52. The number of hydrogen-bond acceptors (Lipinski definition) is 1. The van der Waals surface area contributed by atoms with Crippen molar-refractivity contribution in [1.82, 2.24) is 5.32 Å². The molecule has 3 heteroatoms. The molecule has 125 valence electrons. The molecule has 1 unspecified atom stereocenters. The van der Waals surface area contributed by atoms with E-state index in [2.05, 4.69) is 65.5 Å². The summed E-state index contributed by atoms with van der Waals surface area (Å²) in [5.74, 6) is 2.42. The van der Waals surface area contributed by atoms with Gasteiger partial charge in [-0.1, -0.05) is 50.8 Å². The molecular weight excluding hydrogens is 279 g/mol. The van der Waals surface area contributed by atoms with E-state index in [0.29, 0.717) is 12.0 Å². The zero-order valence-electron chi connectivity index (χ0n) is 15.5. The van der Waals surface area contributed by atoms with Gasteiger partial charge in [0.25, 0.3) is 0 Å². The third-order valence-electron chi connectivity index (χ3n) is 5.29. The Morgan fingerprint density at radius 2 is 1.96 bits per heavy atom. The fourth-order valence-corrected chi connectivity index (χ4v) is 3.52. The summed E-state index contributed by atoms with van der Waals surface area (Å²) in [7, 11) is 2.18. The van der Waals surface area contributed by atoms with Crippen LogP contribution < -0.4 is 5.32 Å². The molecule has 0 aromatic carbocycles. The molecule has 1 N–H and O–H groups in total. The van der Waals surface area contributed by atoms with E-state index in [1.165, 1.54) is 42.3 Å². The summed E-state index contributed by atoms with van der Waals surface area (Å²) in [4.78, 5) is 4.88. The van der Waals surface area contributed by atoms with Crippen LogP contribution in [0.1, 0.15) is 59.8 Å². The first-order chi connectivity index (χ1) is 11.0. The molecular formula is C20H32BN2. The zero-order chi connectivity index (χ0) is 16.8. The molecule has 1 saturated carbocycles. The van der Waals surface area contributed by atoms with Gasteiger partial charge < -0.3 is 5.32 Å². The predicted octanol–water partition coefficient (Wildman–Crippen LogP) is 5.08. The summed E-state index contributed by atoms with van der Waals surface area (Å²) in [6.45, 7) is 11.1. The molecule has 2 rings (SSSR count). The summed E-state index contributed by atoms with van der Waals surface area (Å²) < 4.78 is 0. The number of nitrogens with one attached hydrogen (secondary N) is 1. The minimum absolute atomic E-state index is 0.486. The van der Waals surface area contributed by atoms with Crippen molar-refractivity contribution in [2.24, 2.45) is 16.8 Å². The maximum Gasteiger partial charge on any atom is 0.148 e. The van der Waals surface area contributed by atoms with Crippen molar-refractivity contribution in [1.29, 1.82) is 0 Å². The maximum atomic E-state index is 4.88. The van der Waals surface area contributed by atoms with Gasteiger partial charge >= 0.3 is 0 Å². The highest BCUT2D eigenvalue weighted by atomic mass is 15.0. The Kier molecular flexibility index (Phi) is 6.74. The Morgan fingerprint density at radius 1 is 1.26 bits per heavy atom. The second kappa shape index (κ2) is 8.56. The van der Waals surface area contributed by atoms with E-state index >= 15 is 0 Å². The summed E-state index contributed by atoms with van der Waals surface area (Å²) in [6, 6.07) is 0.516. The third kappa shape index (κ3) is 5.12. The van der Waals surface area contributed by atoms with E-state index in [1.807, 2.05) is 0 Å². The first kappa shape index (κ1) is 18.1. The number of hydrogen-bond donors (Lipinski definition) is 1. The van der Waals surface area contributed by atoms with E-state index in [9.17, 15) is 0 Å². The van der Waals surface area contributed by atoms with Crippen LogP contribution in [0.3, 0.4) is 0 Å². The molecule has 1 fully saturated rings. The minimum atomic E-state index is 0.486. The smallest absolute Gasteiger partial charge is 0.148 e. The van der Waals surface area contributed by atoms with Crippen molar-refractivity contribution in [3.8, 4) is 0 Å². The SMILES string of the molecule is C[B]C1=C/C(=C/NC(C)=NC2CCC(C)CC2)C(C)C(CC)=C1. The number of allylic oxidation sites excluding steroid dienone is 5. The van der Waals surface area contributed by atoms with Crippen LogP contribution in [0.15, 0.2) is 40.0 Å². The number of nitrogens with zero attached hydrogens (tertiary/aromatic N) is 1. The molecule has 0 spiro atoms. The van der Waals surface area contributed by atoms with Crippen LogP contribution in [0, 0.1) is 11.8 Å². The van der Waals surface area contributed by atoms with Gasteiger partial charge in [-0.2, -0.15) is 0 Å². The first-order valence-electron chi connectivity index (χ1n) is 9.26. The molecule has 1 radical (unpaired) electrons. The first-order valence-corrected chi connectivity index (χ1v) is 9.26. The maximum absolute atomic E-state index is 4.88. The molecule has 0 aromatic rings. The van der Waals surface area contributed by atoms with Crippen LogP contribution in [0.25, 0.3) is 0 Å². The van der Waals surface area contributed by atoms with Crippen molar-refractivity contribution in [3.05, 3.63) is 35.0 Å². The largest absolute Gasteiger partial charge is 0.350 e. The Labute approximate surface area is 143 Å². The quantitative estimate of drug-likeness (QED) is 0.437. The molecule has 1 atom stereocenters. The molecule has 0 heterocycles. The van der Waals surface area contributed by atoms with Crippen LogP contribution in [-0.4, -0.2) is 19.2 Å². The van der Waals surface area contributed by atoms with Gasteiger partial charge in [0.1, 0.15) is 7.28 Å². The van der Waals surface area contributed by atoms with Gasteiger partial charge in [0, 0.05) is 12.1 Å². The summed E-state index contributed by atoms with van der Waals surface area (Å²) in [6.07, 6.45) is 13.0. The fraction of sp³-hybridized carbons (Fsp3) is 0.650. The molecule has 2 aliphatic carbocycles. The molecule has 2 aliphatic rings. The second-order valence-electron chi connectivity index (χ2n) is 7.14. The van der Waals surface area contributed by atoms with Gasteiger partial charge in [0.05, 0.1) is 11.9 Å². The van der Waals surface area contributed by atoms with E-state index in [0.717, 1.165) is 18.2 Å². The average Bonchev–Trinajstić information content (AvgIpc) is 2.56. The molecule has 0 aliphatic heterocycles. The lowest BCUT2D eigenvalue weighted by Crippen LogP contribution is -2.22. The van der Waals surface area contributed by atoms with Gasteiger partial charge in [-0.3, -0.25) is 4.99 Å². The van der Waals surface area contributed by atoms with Crippen LogP contribution in [0.2, 0.25) is 6.82 Å². The highest BCUT2D eigenvalue weighted by Crippen LogP contribution is 2.30. The van der Waals surface area contributed by atoms with Crippen molar-refractivity contribution in [2.45, 2.75) is 72.7 Å². The monoisotopic (exact) mass is 311 g/mol. The lowest BCUT2D eigenvalue weighted by atomic mass is 9.67. The number of aliphatic imine (C=N–C) groups is 1. The van der Waals surface area contributed by atoms with Crippen LogP contribution in [-0.2, 0) is 0 Å². The Balaban J connectivity index is 2.01. The molecule has 2 nitrogen and oxygen atoms in total. The van der Waals surface area contributed by atoms with Gasteiger partial charge in [0.2, 0.25) is 0 Å². The Hall–Kier alpha value is -1.25. The normalized spacial score (nSPS) is 30.7. The summed E-state index contributed by atoms with van der Waals surface area (Å²) in [5, 5.41) is 3.43. The van der Waals surface area contributed by atoms with Gasteiger partial charge in [-0.05, 0) is 50.5 Å². The number of rotatable bonds is 4. The Bertz CT molecular complexity index is 520. The van der Waals surface area contributed by atoms with Crippen LogP contribution >= 0.6 is 0 Å². The van der Waals surface area contributed by atoms with Crippen molar-refractivity contribution >= 4 is 13.1 Å². The summed E-state index contributed by atoms with van der Waals surface area (Å²) in [5.41, 5.74) is 4.16. The molecule has 0 saturated heterocycles. The number of amidine groups is 1. The van der Waals surface area contributed by atoms with E-state index < -0.39 is 0 Å². The van der Waals surface area contributed by atoms with Crippen LogP contribution in [0.5, 0.6) is 0 Å². The van der Waals surface area contributed by atoms with E-state index in [4.69, 9.17) is 4.99 Å². The van der Waals surface area contributed by atoms with Crippen molar-refractivity contribution < 1.29 is 0 Å². The lowest BCUT2D eigenvalue weighted by Gasteiger charge is -2.24.